The van der Waals surface area contributed by atoms with Crippen LogP contribution in [0.25, 0.3) is 0 Å². The van der Waals surface area contributed by atoms with Crippen LogP contribution < -0.4 is 4.74 Å². The van der Waals surface area contributed by atoms with Gasteiger partial charge in [-0.1, -0.05) is 37.3 Å². The number of Topliss-reactive ketones (excluding diaryl/α,β-unsaturated/α-hetero) is 2. The number of fused-ring (bicyclic) bond motifs is 1. The molecule has 2 atom stereocenters. The number of aromatic nitrogens is 1. The predicted molar refractivity (Wildman–Crippen MR) is 121 cm³/mol. The van der Waals surface area contributed by atoms with Gasteiger partial charge in [0.25, 0.3) is 0 Å². The molecule has 0 amide bonds. The number of halogens is 1. The number of aryl methyl sites for hydroxylation is 1. The molecule has 0 unspecified atom stereocenters. The number of carbonyl (C=O) groups excluding carboxylic acids is 2. The van der Waals surface area contributed by atoms with E-state index in [1.807, 2.05) is 42.5 Å². The summed E-state index contributed by atoms with van der Waals surface area (Å²) in [5.41, 5.74) is 3.62. The van der Waals surface area contributed by atoms with Crippen LogP contribution in [0, 0.1) is 0 Å². The number of hydrogen-bond acceptors (Lipinski definition) is 4. The van der Waals surface area contributed by atoms with Crippen molar-refractivity contribution < 1.29 is 18.7 Å². The van der Waals surface area contributed by atoms with E-state index in [9.17, 15) is 14.0 Å². The molecule has 4 rings (SSSR count). The highest BCUT2D eigenvalue weighted by atomic mass is 19.1. The fraction of sp³-hybridized carbons (Fsp3) is 0.296. The normalized spacial score (nSPS) is 16.9. The minimum atomic E-state index is -0.715. The van der Waals surface area contributed by atoms with Crippen LogP contribution in [0.4, 0.5) is 4.39 Å². The molecule has 5 heteroatoms. The fourth-order valence-electron chi connectivity index (χ4n) is 4.31. The largest absolute Gasteiger partial charge is 0.486 e. The molecule has 0 N–H and O–H groups in total. The average Bonchev–Trinajstić information content (AvgIpc) is 3.22. The molecule has 1 aliphatic rings. The van der Waals surface area contributed by atoms with E-state index in [-0.39, 0.29) is 23.9 Å². The molecule has 2 heterocycles. The van der Waals surface area contributed by atoms with Gasteiger partial charge in [-0.15, -0.1) is 0 Å². The molecule has 2 aromatic carbocycles. The van der Waals surface area contributed by atoms with Gasteiger partial charge in [0.1, 0.15) is 18.5 Å². The SMILES string of the molecule is CCC(=O)c1cc(C(=O)CCCc2ccncc2)cc2c1O[C@H](CF)[C@H]2c1ccccc1. The van der Waals surface area contributed by atoms with Gasteiger partial charge in [-0.3, -0.25) is 14.6 Å². The maximum atomic E-state index is 13.9. The maximum Gasteiger partial charge on any atom is 0.166 e. The van der Waals surface area contributed by atoms with Crippen LogP contribution >= 0.6 is 0 Å². The van der Waals surface area contributed by atoms with Gasteiger partial charge in [0.15, 0.2) is 11.6 Å². The van der Waals surface area contributed by atoms with Gasteiger partial charge >= 0.3 is 0 Å². The van der Waals surface area contributed by atoms with Crippen LogP contribution in [0.1, 0.15) is 69.5 Å². The Kier molecular flexibility index (Phi) is 6.74. The molecular weight excluding hydrogens is 405 g/mol. The van der Waals surface area contributed by atoms with E-state index in [4.69, 9.17) is 4.74 Å². The van der Waals surface area contributed by atoms with E-state index < -0.39 is 12.8 Å². The van der Waals surface area contributed by atoms with Crippen molar-refractivity contribution in [3.05, 3.63) is 94.8 Å². The highest BCUT2D eigenvalue weighted by molar-refractivity contribution is 6.04. The second kappa shape index (κ2) is 9.86. The lowest BCUT2D eigenvalue weighted by atomic mass is 9.85. The molecule has 32 heavy (non-hydrogen) atoms. The first-order valence-electron chi connectivity index (χ1n) is 11.0. The molecule has 3 aromatic rings. The highest BCUT2D eigenvalue weighted by Gasteiger charge is 2.38. The number of ketones is 2. The number of alkyl halides is 1. The molecule has 0 bridgehead atoms. The third-order valence-electron chi connectivity index (χ3n) is 5.97. The first kappa shape index (κ1) is 21.9. The Morgan fingerprint density at radius 2 is 1.78 bits per heavy atom. The van der Waals surface area contributed by atoms with Gasteiger partial charge in [-0.25, -0.2) is 4.39 Å². The zero-order valence-electron chi connectivity index (χ0n) is 18.1. The Morgan fingerprint density at radius 1 is 1.03 bits per heavy atom. The first-order chi connectivity index (χ1) is 15.6. The maximum absolute atomic E-state index is 13.9. The molecule has 1 aromatic heterocycles. The monoisotopic (exact) mass is 431 g/mol. The molecule has 0 saturated heterocycles. The molecule has 0 aliphatic carbocycles. The summed E-state index contributed by atoms with van der Waals surface area (Å²) in [7, 11) is 0. The number of pyridine rings is 1. The molecule has 1 aliphatic heterocycles. The Hall–Kier alpha value is -3.34. The summed E-state index contributed by atoms with van der Waals surface area (Å²) >= 11 is 0. The van der Waals surface area contributed by atoms with Crippen molar-refractivity contribution in [3.8, 4) is 5.75 Å². The number of nitrogens with zero attached hydrogens (tertiary/aromatic N) is 1. The highest BCUT2D eigenvalue weighted by Crippen LogP contribution is 2.45. The van der Waals surface area contributed by atoms with Crippen molar-refractivity contribution in [1.82, 2.24) is 4.98 Å². The van der Waals surface area contributed by atoms with Crippen LogP contribution in [0.2, 0.25) is 0 Å². The second-order valence-electron chi connectivity index (χ2n) is 8.05. The molecule has 0 fully saturated rings. The molecule has 164 valence electrons. The summed E-state index contributed by atoms with van der Waals surface area (Å²) in [6.07, 6.45) is 4.89. The number of carbonyl (C=O) groups is 2. The number of hydrogen-bond donors (Lipinski definition) is 0. The average molecular weight is 432 g/mol. The lowest BCUT2D eigenvalue weighted by molar-refractivity contribution is 0.0979. The van der Waals surface area contributed by atoms with E-state index in [1.54, 1.807) is 31.5 Å². The Morgan fingerprint density at radius 3 is 2.47 bits per heavy atom. The molecular formula is C27H26FNO3. The zero-order chi connectivity index (χ0) is 22.5. The second-order valence-corrected chi connectivity index (χ2v) is 8.05. The van der Waals surface area contributed by atoms with Gasteiger partial charge in [-0.05, 0) is 48.2 Å². The van der Waals surface area contributed by atoms with Crippen LogP contribution in [-0.2, 0) is 6.42 Å². The van der Waals surface area contributed by atoms with E-state index in [1.165, 1.54) is 0 Å². The van der Waals surface area contributed by atoms with Crippen molar-refractivity contribution in [2.75, 3.05) is 6.67 Å². The zero-order valence-corrected chi connectivity index (χ0v) is 18.1. The van der Waals surface area contributed by atoms with E-state index in [0.29, 0.717) is 29.7 Å². The van der Waals surface area contributed by atoms with E-state index in [2.05, 4.69) is 4.98 Å². The van der Waals surface area contributed by atoms with Crippen molar-refractivity contribution in [2.24, 2.45) is 0 Å². The van der Waals surface area contributed by atoms with Gasteiger partial charge in [0.05, 0.1) is 11.5 Å². The third-order valence-corrected chi connectivity index (χ3v) is 5.97. The smallest absolute Gasteiger partial charge is 0.166 e. The van der Waals surface area contributed by atoms with Crippen molar-refractivity contribution >= 4 is 11.6 Å². The Bertz CT molecular complexity index is 1100. The van der Waals surface area contributed by atoms with Crippen LogP contribution in [0.15, 0.2) is 67.0 Å². The van der Waals surface area contributed by atoms with Crippen molar-refractivity contribution in [1.29, 1.82) is 0 Å². The quantitative estimate of drug-likeness (QED) is 0.405. The summed E-state index contributed by atoms with van der Waals surface area (Å²) in [6, 6.07) is 16.9. The van der Waals surface area contributed by atoms with Crippen molar-refractivity contribution in [2.45, 2.75) is 44.6 Å². The Labute approximate surface area is 187 Å². The van der Waals surface area contributed by atoms with Crippen LogP contribution in [0.5, 0.6) is 5.75 Å². The van der Waals surface area contributed by atoms with Crippen LogP contribution in [-0.4, -0.2) is 29.3 Å². The summed E-state index contributed by atoms with van der Waals surface area (Å²) in [6.45, 7) is 1.09. The number of benzene rings is 2. The summed E-state index contributed by atoms with van der Waals surface area (Å²) in [5, 5.41) is 0. The number of ether oxygens (including phenoxy) is 1. The summed E-state index contributed by atoms with van der Waals surface area (Å²) in [4.78, 5) is 29.8. The number of rotatable bonds is 9. The third kappa shape index (κ3) is 4.47. The van der Waals surface area contributed by atoms with E-state index >= 15 is 0 Å². The van der Waals surface area contributed by atoms with Crippen LogP contribution in [0.3, 0.4) is 0 Å². The van der Waals surface area contributed by atoms with Gasteiger partial charge < -0.3 is 4.74 Å². The molecule has 4 nitrogen and oxygen atoms in total. The predicted octanol–water partition coefficient (Wildman–Crippen LogP) is 5.74. The topological polar surface area (TPSA) is 56.3 Å². The van der Waals surface area contributed by atoms with Gasteiger partial charge in [0.2, 0.25) is 0 Å². The lowest BCUT2D eigenvalue weighted by Crippen LogP contribution is -2.22. The fourth-order valence-corrected chi connectivity index (χ4v) is 4.31. The van der Waals surface area contributed by atoms with Gasteiger partial charge in [-0.2, -0.15) is 0 Å². The van der Waals surface area contributed by atoms with Gasteiger partial charge in [0, 0.05) is 36.4 Å². The lowest BCUT2D eigenvalue weighted by Gasteiger charge is -2.16. The first-order valence-corrected chi connectivity index (χ1v) is 11.0. The van der Waals surface area contributed by atoms with Crippen molar-refractivity contribution in [3.63, 3.8) is 0 Å². The molecule has 0 spiro atoms. The minimum absolute atomic E-state index is 0.0254. The minimum Gasteiger partial charge on any atom is -0.486 e. The molecule has 0 radical (unpaired) electrons. The summed E-state index contributed by atoms with van der Waals surface area (Å²) in [5.74, 6) is -0.0765. The summed E-state index contributed by atoms with van der Waals surface area (Å²) < 4.78 is 19.9. The van der Waals surface area contributed by atoms with E-state index in [0.717, 1.165) is 23.1 Å². The standard InChI is InChI=1S/C27H26FNO3/c1-2-23(30)21-15-20(24(31)10-6-7-18-11-13-29-14-12-18)16-22-26(19-8-4-3-5-9-19)25(17-28)32-27(21)22/h3-5,8-9,11-16,25-26H,2,6-7,10,17H2,1H3/t25-,26+/m1/s1. The molecule has 0 saturated carbocycles. The Balaban J connectivity index is 1.66.